The molecule has 1 aliphatic heterocycles. The van der Waals surface area contributed by atoms with E-state index in [9.17, 15) is 4.79 Å². The van der Waals surface area contributed by atoms with Crippen molar-refractivity contribution in [3.63, 3.8) is 0 Å². The van der Waals surface area contributed by atoms with Crippen molar-refractivity contribution >= 4 is 11.6 Å². The van der Waals surface area contributed by atoms with E-state index in [1.54, 1.807) is 11.1 Å². The second kappa shape index (κ2) is 4.81. The summed E-state index contributed by atoms with van der Waals surface area (Å²) in [5.41, 5.74) is 2.65. The molecule has 2 aromatic rings. The van der Waals surface area contributed by atoms with Crippen molar-refractivity contribution in [3.05, 3.63) is 41.7 Å². The number of aliphatic hydroxyl groups excluding tert-OH is 1. The van der Waals surface area contributed by atoms with Crippen LogP contribution in [0.1, 0.15) is 11.3 Å². The third-order valence-corrected chi connectivity index (χ3v) is 3.23. The molecular formula is C13H14N4O2. The average Bonchev–Trinajstić information content (AvgIpc) is 3.04. The van der Waals surface area contributed by atoms with E-state index in [4.69, 9.17) is 5.11 Å². The van der Waals surface area contributed by atoms with E-state index in [0.717, 1.165) is 12.1 Å². The number of rotatable bonds is 3. The fourth-order valence-electron chi connectivity index (χ4n) is 2.31. The fraction of sp³-hybridized carbons (Fsp3) is 0.308. The quantitative estimate of drug-likeness (QED) is 0.863. The van der Waals surface area contributed by atoms with Gasteiger partial charge in [0.25, 0.3) is 0 Å². The number of hydrogen-bond acceptors (Lipinski definition) is 4. The number of para-hydroxylation sites is 1. The molecule has 19 heavy (non-hydrogen) atoms. The number of fused-ring (bicyclic) bond motifs is 1. The van der Waals surface area contributed by atoms with Crippen LogP contribution in [0.5, 0.6) is 0 Å². The van der Waals surface area contributed by atoms with Crippen molar-refractivity contribution in [2.24, 2.45) is 0 Å². The van der Waals surface area contributed by atoms with Crippen molar-refractivity contribution in [1.29, 1.82) is 0 Å². The van der Waals surface area contributed by atoms with E-state index in [2.05, 4.69) is 10.3 Å². The normalized spacial score (nSPS) is 13.6. The lowest BCUT2D eigenvalue weighted by molar-refractivity contribution is -0.119. The predicted octanol–water partition coefficient (Wildman–Crippen LogP) is 0.360. The van der Waals surface area contributed by atoms with Crippen LogP contribution in [-0.2, 0) is 24.4 Å². The Kier molecular flexibility index (Phi) is 3.00. The first-order valence-corrected chi connectivity index (χ1v) is 6.16. The molecule has 1 aliphatic rings. The van der Waals surface area contributed by atoms with Gasteiger partial charge in [-0.1, -0.05) is 23.4 Å². The lowest BCUT2D eigenvalue weighted by atomic mass is 10.2. The molecule has 0 aliphatic carbocycles. The van der Waals surface area contributed by atoms with Gasteiger partial charge < -0.3 is 10.0 Å². The minimum atomic E-state index is -0.166. The van der Waals surface area contributed by atoms with Crippen LogP contribution >= 0.6 is 0 Å². The molecule has 6 nitrogen and oxygen atoms in total. The van der Waals surface area contributed by atoms with Crippen LogP contribution in [0.2, 0.25) is 0 Å². The summed E-state index contributed by atoms with van der Waals surface area (Å²) in [6.07, 6.45) is 2.47. The highest BCUT2D eigenvalue weighted by Gasteiger charge is 2.24. The van der Waals surface area contributed by atoms with Gasteiger partial charge in [-0.2, -0.15) is 0 Å². The zero-order chi connectivity index (χ0) is 13.2. The van der Waals surface area contributed by atoms with Gasteiger partial charge in [-0.3, -0.25) is 4.79 Å². The van der Waals surface area contributed by atoms with Gasteiger partial charge in [-0.15, -0.1) is 5.10 Å². The standard InChI is InChI=1S/C13H14N4O2/c18-9-11-7-16(15-14-11)8-13(19)17-6-5-10-3-1-2-4-12(10)17/h1-4,7,18H,5-6,8-9H2. The second-order valence-electron chi connectivity index (χ2n) is 4.49. The molecule has 0 radical (unpaired) electrons. The van der Waals surface area contributed by atoms with Crippen LogP contribution in [0.3, 0.4) is 0 Å². The summed E-state index contributed by atoms with van der Waals surface area (Å²) in [5, 5.41) is 16.5. The van der Waals surface area contributed by atoms with Crippen molar-refractivity contribution in [1.82, 2.24) is 15.0 Å². The second-order valence-corrected chi connectivity index (χ2v) is 4.49. The first kappa shape index (κ1) is 11.9. The maximum atomic E-state index is 12.2. The zero-order valence-electron chi connectivity index (χ0n) is 10.4. The fourth-order valence-corrected chi connectivity index (χ4v) is 2.31. The van der Waals surface area contributed by atoms with Crippen LogP contribution in [0.15, 0.2) is 30.5 Å². The van der Waals surface area contributed by atoms with Gasteiger partial charge in [-0.25, -0.2) is 4.68 Å². The number of hydrogen-bond donors (Lipinski definition) is 1. The van der Waals surface area contributed by atoms with E-state index in [1.807, 2.05) is 24.3 Å². The van der Waals surface area contributed by atoms with Gasteiger partial charge in [-0.05, 0) is 18.1 Å². The Morgan fingerprint density at radius 3 is 3.00 bits per heavy atom. The number of amides is 1. The molecule has 2 heterocycles. The Morgan fingerprint density at radius 2 is 2.21 bits per heavy atom. The third-order valence-electron chi connectivity index (χ3n) is 3.23. The Balaban J connectivity index is 1.75. The summed E-state index contributed by atoms with van der Waals surface area (Å²) in [7, 11) is 0. The highest BCUT2D eigenvalue weighted by molar-refractivity contribution is 5.95. The Morgan fingerprint density at radius 1 is 1.37 bits per heavy atom. The first-order chi connectivity index (χ1) is 9.28. The lowest BCUT2D eigenvalue weighted by Crippen LogP contribution is -2.32. The number of aliphatic hydroxyl groups is 1. The van der Waals surface area contributed by atoms with Crippen LogP contribution in [-0.4, -0.2) is 32.6 Å². The van der Waals surface area contributed by atoms with Crippen molar-refractivity contribution in [2.75, 3.05) is 11.4 Å². The van der Waals surface area contributed by atoms with Crippen LogP contribution in [0, 0.1) is 0 Å². The van der Waals surface area contributed by atoms with Crippen molar-refractivity contribution in [3.8, 4) is 0 Å². The van der Waals surface area contributed by atoms with Gasteiger partial charge >= 0.3 is 0 Å². The molecule has 0 bridgehead atoms. The van der Waals surface area contributed by atoms with Gasteiger partial charge in [0.15, 0.2) is 0 Å². The molecule has 0 saturated heterocycles. The lowest BCUT2D eigenvalue weighted by Gasteiger charge is -2.16. The predicted molar refractivity (Wildman–Crippen MR) is 68.4 cm³/mol. The van der Waals surface area contributed by atoms with Crippen molar-refractivity contribution < 1.29 is 9.90 Å². The molecule has 1 aromatic carbocycles. The minimum Gasteiger partial charge on any atom is -0.390 e. The molecule has 1 amide bonds. The summed E-state index contributed by atoms with van der Waals surface area (Å²) in [6.45, 7) is 0.682. The smallest absolute Gasteiger partial charge is 0.248 e. The highest BCUT2D eigenvalue weighted by atomic mass is 16.3. The SMILES string of the molecule is O=C(Cn1cc(CO)nn1)N1CCc2ccccc21. The molecule has 0 spiro atoms. The molecule has 0 atom stereocenters. The Hall–Kier alpha value is -2.21. The summed E-state index contributed by atoms with van der Waals surface area (Å²) >= 11 is 0. The zero-order valence-corrected chi connectivity index (χ0v) is 10.4. The maximum Gasteiger partial charge on any atom is 0.248 e. The Labute approximate surface area is 110 Å². The van der Waals surface area contributed by atoms with E-state index in [-0.39, 0.29) is 19.1 Å². The van der Waals surface area contributed by atoms with Crippen LogP contribution in [0.25, 0.3) is 0 Å². The molecule has 0 fully saturated rings. The number of carbonyl (C=O) groups is 1. The summed E-state index contributed by atoms with van der Waals surface area (Å²) in [4.78, 5) is 14.0. The van der Waals surface area contributed by atoms with Gasteiger partial charge in [0, 0.05) is 12.2 Å². The molecule has 6 heteroatoms. The van der Waals surface area contributed by atoms with Gasteiger partial charge in [0.1, 0.15) is 12.2 Å². The third kappa shape index (κ3) is 2.22. The number of carbonyl (C=O) groups excluding carboxylic acids is 1. The first-order valence-electron chi connectivity index (χ1n) is 6.16. The van der Waals surface area contributed by atoms with E-state index in [1.165, 1.54) is 10.2 Å². The van der Waals surface area contributed by atoms with Gasteiger partial charge in [0.05, 0.1) is 12.8 Å². The number of aromatic nitrogens is 3. The van der Waals surface area contributed by atoms with Crippen LogP contribution in [0.4, 0.5) is 5.69 Å². The number of benzene rings is 1. The molecule has 0 saturated carbocycles. The molecular weight excluding hydrogens is 244 g/mol. The molecule has 3 rings (SSSR count). The van der Waals surface area contributed by atoms with E-state index >= 15 is 0 Å². The summed E-state index contributed by atoms with van der Waals surface area (Å²) < 4.78 is 1.45. The van der Waals surface area contributed by atoms with Crippen molar-refractivity contribution in [2.45, 2.75) is 19.6 Å². The van der Waals surface area contributed by atoms with Crippen LogP contribution < -0.4 is 4.90 Å². The highest BCUT2D eigenvalue weighted by Crippen LogP contribution is 2.27. The molecule has 1 aromatic heterocycles. The number of nitrogens with zero attached hydrogens (tertiary/aromatic N) is 4. The van der Waals surface area contributed by atoms with E-state index in [0.29, 0.717) is 12.2 Å². The van der Waals surface area contributed by atoms with E-state index < -0.39 is 0 Å². The molecule has 0 unspecified atom stereocenters. The average molecular weight is 258 g/mol. The molecule has 1 N–H and O–H groups in total. The summed E-state index contributed by atoms with van der Waals surface area (Å²) in [6, 6.07) is 7.92. The monoisotopic (exact) mass is 258 g/mol. The topological polar surface area (TPSA) is 71.2 Å². The minimum absolute atomic E-state index is 0.0145. The maximum absolute atomic E-state index is 12.2. The largest absolute Gasteiger partial charge is 0.390 e. The van der Waals surface area contributed by atoms with Gasteiger partial charge in [0.2, 0.25) is 5.91 Å². The number of anilines is 1. The summed E-state index contributed by atoms with van der Waals surface area (Å²) in [5.74, 6) is -0.0145. The molecule has 98 valence electrons. The Bertz CT molecular complexity index is 608.